The first-order chi connectivity index (χ1) is 16.0. The number of ether oxygens (including phenoxy) is 1. The summed E-state index contributed by atoms with van der Waals surface area (Å²) in [5.74, 6) is -0.256. The monoisotopic (exact) mass is 549 g/mol. The van der Waals surface area contributed by atoms with Crippen LogP contribution >= 0.6 is 23.2 Å². The molecule has 0 spiro atoms. The van der Waals surface area contributed by atoms with Crippen LogP contribution in [0.2, 0.25) is 10.0 Å². The molecule has 11 heteroatoms. The Morgan fingerprint density at radius 3 is 2.17 bits per heavy atom. The fourth-order valence-electron chi connectivity index (χ4n) is 3.78. The predicted octanol–water partition coefficient (Wildman–Crippen LogP) is 4.94. The summed E-state index contributed by atoms with van der Waals surface area (Å²) in [6, 6.07) is 1.79. The smallest absolute Gasteiger partial charge is 0.408 e. The highest BCUT2D eigenvalue weighted by Gasteiger charge is 2.35. The largest absolute Gasteiger partial charge is 0.508 e. The Bertz CT molecular complexity index is 954. The van der Waals surface area contributed by atoms with Crippen molar-refractivity contribution in [1.29, 1.82) is 0 Å². The number of hydrogen-bond acceptors (Lipinski definition) is 5. The van der Waals surface area contributed by atoms with Crippen LogP contribution in [0.25, 0.3) is 0 Å². The Balaban J connectivity index is 2.14. The van der Waals surface area contributed by atoms with Crippen molar-refractivity contribution < 1.29 is 23.6 Å². The van der Waals surface area contributed by atoms with Crippen LogP contribution in [0.3, 0.4) is 0 Å². The van der Waals surface area contributed by atoms with E-state index in [1.54, 1.807) is 38.7 Å². The molecule has 1 aliphatic heterocycles. The van der Waals surface area contributed by atoms with Crippen LogP contribution in [0.5, 0.6) is 5.75 Å². The van der Waals surface area contributed by atoms with Gasteiger partial charge in [-0.15, -0.1) is 0 Å². The number of amides is 2. The third kappa shape index (κ3) is 8.51. The summed E-state index contributed by atoms with van der Waals surface area (Å²) in [7, 11) is -1.41. The fraction of sp³-hybridized carbons (Fsp3) is 0.667. The summed E-state index contributed by atoms with van der Waals surface area (Å²) in [6.45, 7) is 13.4. The van der Waals surface area contributed by atoms with Gasteiger partial charge in [-0.1, -0.05) is 23.2 Å². The summed E-state index contributed by atoms with van der Waals surface area (Å²) in [5, 5.41) is 13.7. The van der Waals surface area contributed by atoms with E-state index in [-0.39, 0.29) is 22.6 Å². The maximum absolute atomic E-state index is 13.0. The molecule has 0 saturated carbocycles. The van der Waals surface area contributed by atoms with Crippen molar-refractivity contribution >= 4 is 46.2 Å². The van der Waals surface area contributed by atoms with Crippen molar-refractivity contribution in [1.82, 2.24) is 14.9 Å². The van der Waals surface area contributed by atoms with Gasteiger partial charge in [0.2, 0.25) is 5.91 Å². The van der Waals surface area contributed by atoms with E-state index in [0.29, 0.717) is 36.5 Å². The van der Waals surface area contributed by atoms with E-state index in [9.17, 15) is 18.9 Å². The first-order valence-electron chi connectivity index (χ1n) is 11.6. The molecule has 0 radical (unpaired) electrons. The number of alkyl carbamates (subject to hydrolysis) is 1. The first-order valence-corrected chi connectivity index (χ1v) is 13.5. The molecule has 8 nitrogen and oxygen atoms in total. The maximum atomic E-state index is 13.0. The SMILES string of the molecule is C[C@@H](NC(=O)OC(C)(C)C)C(=O)N1CCC(C(NS(=O)C(C)(C)C)c2cc(Cl)c(Cl)cc2O)CC1. The van der Waals surface area contributed by atoms with Gasteiger partial charge in [0.05, 0.1) is 31.8 Å². The number of carbonyl (C=O) groups excluding carboxylic acids is 2. The zero-order valence-corrected chi connectivity index (χ0v) is 23.7. The molecule has 1 aromatic rings. The number of nitrogens with one attached hydrogen (secondary N) is 2. The predicted molar refractivity (Wildman–Crippen MR) is 140 cm³/mol. The number of rotatable bonds is 6. The number of phenolic OH excluding ortho intramolecular Hbond substituents is 1. The Morgan fingerprint density at radius 1 is 1.11 bits per heavy atom. The number of nitrogens with zero attached hydrogens (tertiary/aromatic N) is 1. The van der Waals surface area contributed by atoms with Gasteiger partial charge in [-0.2, -0.15) is 0 Å². The normalized spacial score (nSPS) is 18.0. The second kappa shape index (κ2) is 11.7. The summed E-state index contributed by atoms with van der Waals surface area (Å²) < 4.78 is 20.8. The van der Waals surface area contributed by atoms with Crippen molar-refractivity contribution in [2.24, 2.45) is 5.92 Å². The summed E-state index contributed by atoms with van der Waals surface area (Å²) in [4.78, 5) is 26.6. The number of benzene rings is 1. The second-order valence-corrected chi connectivity index (χ2v) is 13.6. The van der Waals surface area contributed by atoms with Crippen molar-refractivity contribution in [3.8, 4) is 5.75 Å². The summed E-state index contributed by atoms with van der Waals surface area (Å²) in [5.41, 5.74) is -0.141. The minimum atomic E-state index is -1.41. The molecule has 2 amide bonds. The van der Waals surface area contributed by atoms with E-state index in [0.717, 1.165) is 0 Å². The molecule has 3 N–H and O–H groups in total. The Labute approximate surface area is 220 Å². The average Bonchev–Trinajstić information content (AvgIpc) is 2.72. The third-order valence-corrected chi connectivity index (χ3v) is 7.92. The molecule has 1 aliphatic rings. The molecule has 0 aliphatic carbocycles. The van der Waals surface area contributed by atoms with Gasteiger partial charge in [-0.25, -0.2) is 13.7 Å². The van der Waals surface area contributed by atoms with Crippen molar-refractivity contribution in [3.63, 3.8) is 0 Å². The molecule has 198 valence electrons. The third-order valence-electron chi connectivity index (χ3n) is 5.62. The second-order valence-electron chi connectivity index (χ2n) is 10.8. The van der Waals surface area contributed by atoms with Crippen LogP contribution in [0, 0.1) is 5.92 Å². The highest BCUT2D eigenvalue weighted by molar-refractivity contribution is 7.84. The van der Waals surface area contributed by atoms with E-state index in [1.165, 1.54) is 6.07 Å². The van der Waals surface area contributed by atoms with E-state index in [4.69, 9.17) is 27.9 Å². The minimum Gasteiger partial charge on any atom is -0.508 e. The van der Waals surface area contributed by atoms with Crippen LogP contribution in [-0.4, -0.2) is 55.7 Å². The van der Waals surface area contributed by atoms with E-state index >= 15 is 0 Å². The molecule has 0 bridgehead atoms. The quantitative estimate of drug-likeness (QED) is 0.465. The fourth-order valence-corrected chi connectivity index (χ4v) is 5.01. The lowest BCUT2D eigenvalue weighted by molar-refractivity contribution is -0.134. The number of likely N-dealkylation sites (tertiary alicyclic amines) is 1. The topological polar surface area (TPSA) is 108 Å². The van der Waals surface area contributed by atoms with Gasteiger partial charge in [0.25, 0.3) is 0 Å². The number of hydrogen-bond donors (Lipinski definition) is 3. The summed E-state index contributed by atoms with van der Waals surface area (Å²) >= 11 is 12.3. The molecule has 1 heterocycles. The Hall–Kier alpha value is -1.55. The van der Waals surface area contributed by atoms with Crippen molar-refractivity contribution in [2.45, 2.75) is 83.7 Å². The molecule has 1 saturated heterocycles. The number of halogens is 2. The van der Waals surface area contributed by atoms with Gasteiger partial charge in [-0.05, 0) is 73.3 Å². The first kappa shape index (κ1) is 29.7. The van der Waals surface area contributed by atoms with Gasteiger partial charge in [0.15, 0.2) is 0 Å². The van der Waals surface area contributed by atoms with E-state index < -0.39 is 39.5 Å². The molecule has 2 rings (SSSR count). The van der Waals surface area contributed by atoms with Gasteiger partial charge < -0.3 is 20.1 Å². The minimum absolute atomic E-state index is 0.0254. The molecule has 1 fully saturated rings. The average molecular weight is 551 g/mol. The lowest BCUT2D eigenvalue weighted by Gasteiger charge is -2.38. The molecule has 1 aromatic carbocycles. The zero-order valence-electron chi connectivity index (χ0n) is 21.4. The number of piperidine rings is 1. The molecule has 3 atom stereocenters. The van der Waals surface area contributed by atoms with Crippen LogP contribution in [-0.2, 0) is 20.5 Å². The van der Waals surface area contributed by atoms with Crippen LogP contribution < -0.4 is 10.0 Å². The van der Waals surface area contributed by atoms with Gasteiger partial charge in [-0.3, -0.25) is 4.79 Å². The Morgan fingerprint density at radius 2 is 1.66 bits per heavy atom. The van der Waals surface area contributed by atoms with Gasteiger partial charge in [0.1, 0.15) is 17.4 Å². The number of aromatic hydroxyl groups is 1. The molecular weight excluding hydrogens is 513 g/mol. The van der Waals surface area contributed by atoms with Crippen LogP contribution in [0.15, 0.2) is 12.1 Å². The van der Waals surface area contributed by atoms with Gasteiger partial charge >= 0.3 is 6.09 Å². The highest BCUT2D eigenvalue weighted by atomic mass is 35.5. The van der Waals surface area contributed by atoms with Gasteiger partial charge in [0, 0.05) is 24.7 Å². The standard InChI is InChI=1S/C24H37Cl2N3O5S/c1-14(27-22(32)34-23(2,3)4)21(31)29-10-8-15(9-11-29)20(28-35(33)24(5,6)7)16-12-17(25)18(26)13-19(16)30/h12-15,20,28,30H,8-11H2,1-7H3,(H,27,32)/t14-,20?,35?/m1/s1. The Kier molecular flexibility index (Phi) is 9.89. The number of carbonyl (C=O) groups is 2. The van der Waals surface area contributed by atoms with E-state index in [2.05, 4.69) is 10.0 Å². The maximum Gasteiger partial charge on any atom is 0.408 e. The van der Waals surface area contributed by atoms with Crippen molar-refractivity contribution in [2.75, 3.05) is 13.1 Å². The molecule has 0 aromatic heterocycles. The number of phenols is 1. The zero-order chi connectivity index (χ0) is 26.7. The van der Waals surface area contributed by atoms with Crippen LogP contribution in [0.1, 0.15) is 72.9 Å². The lowest BCUT2D eigenvalue weighted by Crippen LogP contribution is -2.51. The van der Waals surface area contributed by atoms with Crippen LogP contribution in [0.4, 0.5) is 4.79 Å². The lowest BCUT2D eigenvalue weighted by atomic mass is 9.85. The molecular formula is C24H37Cl2N3O5S. The van der Waals surface area contributed by atoms with E-state index in [1.807, 2.05) is 20.8 Å². The van der Waals surface area contributed by atoms with Crippen molar-refractivity contribution in [3.05, 3.63) is 27.7 Å². The highest BCUT2D eigenvalue weighted by Crippen LogP contribution is 2.39. The summed E-state index contributed by atoms with van der Waals surface area (Å²) in [6.07, 6.45) is 0.560. The molecule has 2 unspecified atom stereocenters. The molecule has 35 heavy (non-hydrogen) atoms.